The number of carbonyl (C=O) groups excluding carboxylic acids is 2. The van der Waals surface area contributed by atoms with Crippen LogP contribution in [0.25, 0.3) is 0 Å². The normalized spacial score (nSPS) is 15.0. The summed E-state index contributed by atoms with van der Waals surface area (Å²) in [6.45, 7) is 2.81. The number of amides is 2. The summed E-state index contributed by atoms with van der Waals surface area (Å²) in [5, 5.41) is 2.81. The molecule has 18 heavy (non-hydrogen) atoms. The van der Waals surface area contributed by atoms with Crippen molar-refractivity contribution in [2.45, 2.75) is 19.8 Å². The Labute approximate surface area is 114 Å². The molecule has 0 aromatic heterocycles. The number of hydrogen-bond donors (Lipinski definition) is 1. The molecule has 1 fully saturated rings. The molecule has 1 aromatic carbocycles. The third-order valence-electron chi connectivity index (χ3n) is 2.90. The zero-order valence-corrected chi connectivity index (χ0v) is 11.8. The first-order valence-electron chi connectivity index (χ1n) is 5.90. The summed E-state index contributed by atoms with van der Waals surface area (Å²) >= 11 is 3.40. The third kappa shape index (κ3) is 3.10. The van der Waals surface area contributed by atoms with Gasteiger partial charge in [0.15, 0.2) is 0 Å². The van der Waals surface area contributed by atoms with Gasteiger partial charge in [0, 0.05) is 17.4 Å². The number of rotatable bonds is 3. The number of aryl methyl sites for hydroxylation is 1. The molecule has 1 aromatic rings. The zero-order valence-electron chi connectivity index (χ0n) is 10.2. The highest BCUT2D eigenvalue weighted by Gasteiger charge is 2.22. The van der Waals surface area contributed by atoms with Crippen molar-refractivity contribution in [1.82, 2.24) is 4.90 Å². The molecule has 0 radical (unpaired) electrons. The van der Waals surface area contributed by atoms with E-state index >= 15 is 0 Å². The first-order valence-corrected chi connectivity index (χ1v) is 6.69. The Balaban J connectivity index is 1.96. The van der Waals surface area contributed by atoms with Gasteiger partial charge in [0.25, 0.3) is 0 Å². The second kappa shape index (κ2) is 5.52. The largest absolute Gasteiger partial charge is 0.333 e. The number of nitrogens with one attached hydrogen (secondary N) is 1. The first-order chi connectivity index (χ1) is 8.56. The van der Waals surface area contributed by atoms with Crippen molar-refractivity contribution in [3.63, 3.8) is 0 Å². The van der Waals surface area contributed by atoms with Gasteiger partial charge in [-0.25, -0.2) is 0 Å². The fourth-order valence-electron chi connectivity index (χ4n) is 1.96. The van der Waals surface area contributed by atoms with Crippen LogP contribution in [0.3, 0.4) is 0 Å². The van der Waals surface area contributed by atoms with Gasteiger partial charge in [-0.3, -0.25) is 9.59 Å². The van der Waals surface area contributed by atoms with Gasteiger partial charge >= 0.3 is 0 Å². The van der Waals surface area contributed by atoms with Gasteiger partial charge in [-0.15, -0.1) is 0 Å². The maximum absolute atomic E-state index is 11.8. The summed E-state index contributed by atoms with van der Waals surface area (Å²) in [7, 11) is 0. The molecule has 5 heteroatoms. The van der Waals surface area contributed by atoms with Crippen LogP contribution < -0.4 is 5.32 Å². The van der Waals surface area contributed by atoms with Gasteiger partial charge in [-0.05, 0) is 47.0 Å². The molecule has 0 unspecified atom stereocenters. The van der Waals surface area contributed by atoms with Crippen LogP contribution in [-0.2, 0) is 9.59 Å². The number of benzene rings is 1. The monoisotopic (exact) mass is 310 g/mol. The molecule has 1 heterocycles. The quantitative estimate of drug-likeness (QED) is 0.931. The lowest BCUT2D eigenvalue weighted by Gasteiger charge is -2.15. The predicted octanol–water partition coefficient (Wildman–Crippen LogP) is 2.32. The average molecular weight is 311 g/mol. The van der Waals surface area contributed by atoms with Crippen LogP contribution in [0.4, 0.5) is 5.69 Å². The number of carbonyl (C=O) groups is 2. The molecule has 1 saturated heterocycles. The minimum atomic E-state index is -0.158. The maximum atomic E-state index is 11.8. The average Bonchev–Trinajstić information content (AvgIpc) is 2.69. The highest BCUT2D eigenvalue weighted by atomic mass is 79.9. The van der Waals surface area contributed by atoms with Crippen LogP contribution in [0.5, 0.6) is 0 Å². The van der Waals surface area contributed by atoms with Crippen LogP contribution in [0.15, 0.2) is 22.7 Å². The van der Waals surface area contributed by atoms with E-state index in [9.17, 15) is 9.59 Å². The Morgan fingerprint density at radius 3 is 2.89 bits per heavy atom. The fraction of sp³-hybridized carbons (Fsp3) is 0.385. The molecular formula is C13H15BrN2O2. The molecule has 1 aliphatic heterocycles. The Hall–Kier alpha value is -1.36. The van der Waals surface area contributed by atoms with E-state index < -0.39 is 0 Å². The second-order valence-electron chi connectivity index (χ2n) is 4.45. The summed E-state index contributed by atoms with van der Waals surface area (Å²) in [6, 6.07) is 5.72. The Bertz CT molecular complexity index is 488. The molecule has 0 saturated carbocycles. The SMILES string of the molecule is Cc1ccc(NC(=O)CN2CCCC2=O)c(Br)c1. The van der Waals surface area contributed by atoms with E-state index in [2.05, 4.69) is 21.2 Å². The van der Waals surface area contributed by atoms with Crippen LogP contribution in [0.2, 0.25) is 0 Å². The van der Waals surface area contributed by atoms with Crippen molar-refractivity contribution < 1.29 is 9.59 Å². The van der Waals surface area contributed by atoms with Crippen molar-refractivity contribution in [2.75, 3.05) is 18.4 Å². The van der Waals surface area contributed by atoms with Crippen molar-refractivity contribution in [3.8, 4) is 0 Å². The van der Waals surface area contributed by atoms with Crippen LogP contribution in [-0.4, -0.2) is 29.8 Å². The molecular weight excluding hydrogens is 296 g/mol. The third-order valence-corrected chi connectivity index (χ3v) is 3.56. The highest BCUT2D eigenvalue weighted by Crippen LogP contribution is 2.23. The number of likely N-dealkylation sites (tertiary alicyclic amines) is 1. The molecule has 96 valence electrons. The maximum Gasteiger partial charge on any atom is 0.244 e. The Morgan fingerprint density at radius 1 is 1.50 bits per heavy atom. The minimum Gasteiger partial charge on any atom is -0.333 e. The van der Waals surface area contributed by atoms with Crippen molar-refractivity contribution in [1.29, 1.82) is 0 Å². The van der Waals surface area contributed by atoms with Gasteiger partial charge in [0.05, 0.1) is 12.2 Å². The van der Waals surface area contributed by atoms with E-state index in [0.717, 1.165) is 22.1 Å². The molecule has 1 aliphatic rings. The molecule has 1 N–H and O–H groups in total. The van der Waals surface area contributed by atoms with Crippen molar-refractivity contribution in [2.24, 2.45) is 0 Å². The molecule has 2 amide bonds. The highest BCUT2D eigenvalue weighted by molar-refractivity contribution is 9.10. The van der Waals surface area contributed by atoms with Gasteiger partial charge < -0.3 is 10.2 Å². The topological polar surface area (TPSA) is 49.4 Å². The van der Waals surface area contributed by atoms with Crippen molar-refractivity contribution in [3.05, 3.63) is 28.2 Å². The van der Waals surface area contributed by atoms with Gasteiger partial charge in [0.1, 0.15) is 0 Å². The molecule has 4 nitrogen and oxygen atoms in total. The lowest BCUT2D eigenvalue weighted by Crippen LogP contribution is -2.34. The van der Waals surface area contributed by atoms with Gasteiger partial charge in [0.2, 0.25) is 11.8 Å². The molecule has 0 atom stereocenters. The first kappa shape index (κ1) is 13.1. The molecule has 0 aliphatic carbocycles. The molecule has 0 spiro atoms. The second-order valence-corrected chi connectivity index (χ2v) is 5.30. The van der Waals surface area contributed by atoms with E-state index in [4.69, 9.17) is 0 Å². The fourth-order valence-corrected chi connectivity index (χ4v) is 2.55. The number of hydrogen-bond acceptors (Lipinski definition) is 2. The zero-order chi connectivity index (χ0) is 13.1. The summed E-state index contributed by atoms with van der Waals surface area (Å²) in [5.74, 6) is -0.0945. The van der Waals surface area contributed by atoms with E-state index in [0.29, 0.717) is 13.0 Å². The Morgan fingerprint density at radius 2 is 2.28 bits per heavy atom. The lowest BCUT2D eigenvalue weighted by atomic mass is 10.2. The minimum absolute atomic E-state index is 0.0631. The van der Waals surface area contributed by atoms with E-state index in [-0.39, 0.29) is 18.4 Å². The number of nitrogens with zero attached hydrogens (tertiary/aromatic N) is 1. The molecule has 2 rings (SSSR count). The van der Waals surface area contributed by atoms with E-state index in [1.807, 2.05) is 25.1 Å². The van der Waals surface area contributed by atoms with E-state index in [1.165, 1.54) is 0 Å². The summed E-state index contributed by atoms with van der Waals surface area (Å²) in [4.78, 5) is 24.8. The summed E-state index contributed by atoms with van der Waals surface area (Å²) < 4.78 is 0.851. The lowest BCUT2D eigenvalue weighted by molar-refractivity contribution is -0.131. The standard InChI is InChI=1S/C13H15BrN2O2/c1-9-4-5-11(10(14)7-9)15-12(17)8-16-6-2-3-13(16)18/h4-5,7H,2-3,6,8H2,1H3,(H,15,17). The molecule has 0 bridgehead atoms. The van der Waals surface area contributed by atoms with Crippen molar-refractivity contribution >= 4 is 33.4 Å². The summed E-state index contributed by atoms with van der Waals surface area (Å²) in [5.41, 5.74) is 1.85. The smallest absolute Gasteiger partial charge is 0.244 e. The van der Waals surface area contributed by atoms with Gasteiger partial charge in [-0.1, -0.05) is 6.07 Å². The van der Waals surface area contributed by atoms with Gasteiger partial charge in [-0.2, -0.15) is 0 Å². The van der Waals surface area contributed by atoms with Crippen LogP contribution >= 0.6 is 15.9 Å². The van der Waals surface area contributed by atoms with E-state index in [1.54, 1.807) is 4.90 Å². The Kier molecular flexibility index (Phi) is 4.01. The summed E-state index contributed by atoms with van der Waals surface area (Å²) in [6.07, 6.45) is 1.40. The number of anilines is 1. The van der Waals surface area contributed by atoms with Crippen LogP contribution in [0, 0.1) is 6.92 Å². The predicted molar refractivity (Wildman–Crippen MR) is 73.3 cm³/mol. The van der Waals surface area contributed by atoms with Crippen LogP contribution in [0.1, 0.15) is 18.4 Å². The number of halogens is 1.